The van der Waals surface area contributed by atoms with Gasteiger partial charge in [-0.1, -0.05) is 61.0 Å². The number of ketones is 1. The molecule has 0 saturated heterocycles. The molecule has 2 aliphatic heterocycles. The van der Waals surface area contributed by atoms with Crippen LogP contribution < -0.4 is 10.0 Å². The van der Waals surface area contributed by atoms with Gasteiger partial charge in [0.15, 0.2) is 10.8 Å². The van der Waals surface area contributed by atoms with Crippen LogP contribution in [0.3, 0.4) is 0 Å². The van der Waals surface area contributed by atoms with E-state index in [1.54, 1.807) is 6.92 Å². The third-order valence-corrected chi connectivity index (χ3v) is 7.78. The first-order valence-corrected chi connectivity index (χ1v) is 12.6. The van der Waals surface area contributed by atoms with E-state index in [1.807, 2.05) is 64.6 Å². The first kappa shape index (κ1) is 22.7. The summed E-state index contributed by atoms with van der Waals surface area (Å²) < 4.78 is 0. The van der Waals surface area contributed by atoms with Gasteiger partial charge in [-0.2, -0.15) is 10.2 Å². The third-order valence-electron chi connectivity index (χ3n) is 6.09. The lowest BCUT2D eigenvalue weighted by Gasteiger charge is -2.46. The molecular formula is C27H25ClN4OS. The van der Waals surface area contributed by atoms with Crippen molar-refractivity contribution >= 4 is 51.3 Å². The predicted molar refractivity (Wildman–Crippen MR) is 143 cm³/mol. The minimum absolute atomic E-state index is 0.0567. The zero-order valence-electron chi connectivity index (χ0n) is 19.1. The Morgan fingerprint density at radius 1 is 0.941 bits per heavy atom. The molecule has 0 aliphatic carbocycles. The van der Waals surface area contributed by atoms with Crippen LogP contribution in [-0.4, -0.2) is 21.5 Å². The number of Topliss-reactive ketones (excluding diaryl/α,β-unsaturated/α-hetero) is 1. The molecule has 1 spiro atoms. The molecular weight excluding hydrogens is 464 g/mol. The minimum Gasteiger partial charge on any atom is -0.292 e. The van der Waals surface area contributed by atoms with Crippen LogP contribution in [0.15, 0.2) is 89.1 Å². The van der Waals surface area contributed by atoms with E-state index in [2.05, 4.69) is 31.2 Å². The molecule has 0 aromatic heterocycles. The average molecular weight is 489 g/mol. The van der Waals surface area contributed by atoms with Crippen molar-refractivity contribution in [3.8, 4) is 0 Å². The molecule has 0 bridgehead atoms. The summed E-state index contributed by atoms with van der Waals surface area (Å²) in [4.78, 5) is 11.7. The molecule has 5 rings (SSSR count). The monoisotopic (exact) mass is 488 g/mol. The van der Waals surface area contributed by atoms with Crippen molar-refractivity contribution < 1.29 is 4.79 Å². The molecule has 3 aromatic rings. The van der Waals surface area contributed by atoms with Gasteiger partial charge in [0.05, 0.1) is 17.1 Å². The van der Waals surface area contributed by atoms with Crippen molar-refractivity contribution in [2.45, 2.75) is 38.1 Å². The number of benzene rings is 3. The number of hydrazone groups is 2. The van der Waals surface area contributed by atoms with Crippen LogP contribution in [-0.2, 0) is 11.2 Å². The number of aryl methyl sites for hydroxylation is 1. The largest absolute Gasteiger partial charge is 0.292 e. The van der Waals surface area contributed by atoms with E-state index in [9.17, 15) is 4.79 Å². The molecule has 34 heavy (non-hydrogen) atoms. The van der Waals surface area contributed by atoms with E-state index >= 15 is 0 Å². The van der Waals surface area contributed by atoms with Crippen molar-refractivity contribution in [1.29, 1.82) is 0 Å². The summed E-state index contributed by atoms with van der Waals surface area (Å²) in [5.74, 6) is -0.0567. The van der Waals surface area contributed by atoms with Crippen molar-refractivity contribution in [3.05, 3.63) is 95.0 Å². The zero-order chi connectivity index (χ0) is 23.7. The third kappa shape index (κ3) is 4.12. The normalized spacial score (nSPS) is 19.9. The second kappa shape index (κ2) is 9.28. The van der Waals surface area contributed by atoms with Crippen LogP contribution >= 0.6 is 23.4 Å². The number of rotatable bonds is 5. The number of thioether (sulfide) groups is 1. The molecule has 1 atom stereocenters. The molecule has 0 fully saturated rings. The molecule has 172 valence electrons. The number of carbonyl (C=O) groups is 1. The number of hydrogen-bond donors (Lipinski definition) is 0. The molecule has 2 heterocycles. The van der Waals surface area contributed by atoms with E-state index in [1.165, 1.54) is 17.3 Å². The summed E-state index contributed by atoms with van der Waals surface area (Å²) in [6.07, 6.45) is 2.49. The second-order valence-corrected chi connectivity index (χ2v) is 10.0. The second-order valence-electron chi connectivity index (χ2n) is 8.34. The highest BCUT2D eigenvalue weighted by atomic mass is 35.5. The standard InChI is InChI=1S/C27H25ClN4OS/c1-3-20-9-11-21(12-10-20)25-17-18-27(31(29-25)23-7-5-4-6-8-23)32(30-26(34-27)19(2)33)24-15-13-22(28)14-16-24/h4-16H,3,17-18H2,1-2H3. The maximum absolute atomic E-state index is 12.4. The first-order valence-electron chi connectivity index (χ1n) is 11.4. The molecule has 0 radical (unpaired) electrons. The topological polar surface area (TPSA) is 48.3 Å². The summed E-state index contributed by atoms with van der Waals surface area (Å²) in [6.45, 7) is 3.72. The fourth-order valence-corrected chi connectivity index (χ4v) is 5.63. The van der Waals surface area contributed by atoms with E-state index in [4.69, 9.17) is 21.8 Å². The highest BCUT2D eigenvalue weighted by molar-refractivity contribution is 8.17. The summed E-state index contributed by atoms with van der Waals surface area (Å²) in [5, 5.41) is 15.0. The molecule has 0 N–H and O–H groups in total. The van der Waals surface area contributed by atoms with Crippen LogP contribution in [0.25, 0.3) is 0 Å². The maximum atomic E-state index is 12.4. The van der Waals surface area contributed by atoms with Crippen LogP contribution in [0, 0.1) is 0 Å². The van der Waals surface area contributed by atoms with Gasteiger partial charge in [0, 0.05) is 18.4 Å². The average Bonchev–Trinajstić information content (AvgIpc) is 3.25. The lowest BCUT2D eigenvalue weighted by Crippen LogP contribution is -2.56. The van der Waals surface area contributed by atoms with Crippen molar-refractivity contribution in [3.63, 3.8) is 0 Å². The van der Waals surface area contributed by atoms with E-state index in [-0.39, 0.29) is 5.78 Å². The number of anilines is 2. The summed E-state index contributed by atoms with van der Waals surface area (Å²) in [5.41, 5.74) is 5.24. The van der Waals surface area contributed by atoms with Gasteiger partial charge in [-0.05, 0) is 72.1 Å². The fraction of sp³-hybridized carbons (Fsp3) is 0.222. The maximum Gasteiger partial charge on any atom is 0.208 e. The molecule has 5 nitrogen and oxygen atoms in total. The van der Waals surface area contributed by atoms with Crippen LogP contribution in [0.1, 0.15) is 37.8 Å². The Hall–Kier alpha value is -3.09. The number of nitrogens with zero attached hydrogens (tertiary/aromatic N) is 4. The van der Waals surface area contributed by atoms with Crippen molar-refractivity contribution in [2.24, 2.45) is 10.2 Å². The van der Waals surface area contributed by atoms with E-state index in [0.717, 1.165) is 41.9 Å². The number of hydrogen-bond acceptors (Lipinski definition) is 6. The summed E-state index contributed by atoms with van der Waals surface area (Å²) >= 11 is 7.63. The van der Waals surface area contributed by atoms with E-state index < -0.39 is 4.99 Å². The number of carbonyl (C=O) groups excluding carboxylic acids is 1. The Morgan fingerprint density at radius 3 is 2.24 bits per heavy atom. The van der Waals surface area contributed by atoms with Crippen molar-refractivity contribution in [2.75, 3.05) is 10.0 Å². The van der Waals surface area contributed by atoms with Gasteiger partial charge < -0.3 is 0 Å². The van der Waals surface area contributed by atoms with Gasteiger partial charge in [0.1, 0.15) is 0 Å². The molecule has 0 saturated carbocycles. The van der Waals surface area contributed by atoms with Crippen LogP contribution in [0.4, 0.5) is 11.4 Å². The summed E-state index contributed by atoms with van der Waals surface area (Å²) in [7, 11) is 0. The Morgan fingerprint density at radius 2 is 1.59 bits per heavy atom. The molecule has 7 heteroatoms. The van der Waals surface area contributed by atoms with Gasteiger partial charge >= 0.3 is 0 Å². The lowest BCUT2D eigenvalue weighted by atomic mass is 10.0. The van der Waals surface area contributed by atoms with Gasteiger partial charge in [-0.3, -0.25) is 4.79 Å². The van der Waals surface area contributed by atoms with Gasteiger partial charge in [0.2, 0.25) is 4.99 Å². The highest BCUT2D eigenvalue weighted by Gasteiger charge is 2.52. The van der Waals surface area contributed by atoms with Gasteiger partial charge in [-0.25, -0.2) is 10.0 Å². The lowest BCUT2D eigenvalue weighted by molar-refractivity contribution is -0.110. The fourth-order valence-electron chi connectivity index (χ4n) is 4.26. The smallest absolute Gasteiger partial charge is 0.208 e. The Labute approximate surface area is 209 Å². The minimum atomic E-state index is -0.705. The van der Waals surface area contributed by atoms with Crippen LogP contribution in [0.5, 0.6) is 0 Å². The molecule has 3 aromatic carbocycles. The highest BCUT2D eigenvalue weighted by Crippen LogP contribution is 2.50. The zero-order valence-corrected chi connectivity index (χ0v) is 20.7. The molecule has 1 unspecified atom stereocenters. The Balaban J connectivity index is 1.64. The Kier molecular flexibility index (Phi) is 6.19. The SMILES string of the molecule is CCc1ccc(C2=NN(c3ccccc3)C3(CC2)SC(C(C)=O)=NN3c2ccc(Cl)cc2)cc1. The van der Waals surface area contributed by atoms with Crippen molar-refractivity contribution in [1.82, 2.24) is 0 Å². The van der Waals surface area contributed by atoms with Gasteiger partial charge in [0.25, 0.3) is 0 Å². The van der Waals surface area contributed by atoms with Gasteiger partial charge in [-0.15, -0.1) is 0 Å². The quantitative estimate of drug-likeness (QED) is 0.400. The van der Waals surface area contributed by atoms with Crippen LogP contribution in [0.2, 0.25) is 5.02 Å². The number of para-hydroxylation sites is 1. The molecule has 2 aliphatic rings. The molecule has 0 amide bonds. The first-order chi connectivity index (χ1) is 16.5. The number of halogens is 1. The Bertz CT molecular complexity index is 1260. The van der Waals surface area contributed by atoms with E-state index in [0.29, 0.717) is 10.1 Å². The predicted octanol–water partition coefficient (Wildman–Crippen LogP) is 6.72. The summed E-state index contributed by atoms with van der Waals surface area (Å²) in [6, 6.07) is 26.3.